The minimum atomic E-state index is 0.308. The maximum Gasteiger partial charge on any atom is 0.164 e. The van der Waals surface area contributed by atoms with Crippen molar-refractivity contribution < 1.29 is 4.42 Å². The van der Waals surface area contributed by atoms with Crippen molar-refractivity contribution in [3.05, 3.63) is 167 Å². The van der Waals surface area contributed by atoms with Crippen LogP contribution >= 0.6 is 0 Å². The monoisotopic (exact) mass is 681 g/mol. The molecule has 4 aliphatic carbocycles. The van der Waals surface area contributed by atoms with Crippen LogP contribution in [-0.2, 0) is 12.8 Å². The van der Waals surface area contributed by atoms with E-state index in [0.717, 1.165) is 81.9 Å². The topological polar surface area (TPSA) is 51.8 Å². The van der Waals surface area contributed by atoms with Gasteiger partial charge in [0.1, 0.15) is 11.2 Å². The number of fused-ring (bicyclic) bond motifs is 10. The molecule has 4 aliphatic rings. The molecule has 0 saturated heterocycles. The molecule has 11 rings (SSSR count). The quantitative estimate of drug-likeness (QED) is 0.186. The van der Waals surface area contributed by atoms with Crippen LogP contribution < -0.4 is 0 Å². The maximum absolute atomic E-state index is 6.63. The van der Waals surface area contributed by atoms with Gasteiger partial charge >= 0.3 is 0 Å². The number of nitrogens with zero attached hydrogens (tertiary/aromatic N) is 3. The van der Waals surface area contributed by atoms with Gasteiger partial charge in [-0.15, -0.1) is 0 Å². The SMILES string of the molecule is C1=CC2=CC=C(c3nc(-c4ccccc4)nc(-c4cc(-c5ccc6c7c(c8c(c6c5)C=CCC8)CCC=C7)cc5oc6ccccc6c45)n3)CC2C=C1. The van der Waals surface area contributed by atoms with Crippen molar-refractivity contribution >= 4 is 50.4 Å². The first-order chi connectivity index (χ1) is 26.2. The lowest BCUT2D eigenvalue weighted by molar-refractivity contribution is 0.669. The molecule has 0 saturated carbocycles. The first-order valence-corrected chi connectivity index (χ1v) is 18.7. The van der Waals surface area contributed by atoms with Gasteiger partial charge in [-0.2, -0.15) is 0 Å². The number of benzene rings is 5. The highest BCUT2D eigenvalue weighted by molar-refractivity contribution is 6.13. The number of furan rings is 1. The molecule has 4 heteroatoms. The van der Waals surface area contributed by atoms with Gasteiger partial charge in [0, 0.05) is 27.8 Å². The van der Waals surface area contributed by atoms with Gasteiger partial charge in [0.2, 0.25) is 0 Å². The molecule has 2 aromatic heterocycles. The van der Waals surface area contributed by atoms with Crippen LogP contribution in [0.25, 0.3) is 84.3 Å². The Labute approximate surface area is 308 Å². The second-order valence-corrected chi connectivity index (χ2v) is 14.5. The molecule has 0 bridgehead atoms. The van der Waals surface area contributed by atoms with E-state index in [0.29, 0.717) is 23.4 Å². The Morgan fingerprint density at radius 2 is 1.34 bits per heavy atom. The molecule has 1 unspecified atom stereocenters. The van der Waals surface area contributed by atoms with Crippen molar-refractivity contribution in [2.45, 2.75) is 32.1 Å². The fourth-order valence-electron chi connectivity index (χ4n) is 8.83. The molecule has 0 aliphatic heterocycles. The Hall–Kier alpha value is -6.39. The lowest BCUT2D eigenvalue weighted by atomic mass is 9.80. The zero-order chi connectivity index (χ0) is 34.9. The van der Waals surface area contributed by atoms with Crippen molar-refractivity contribution in [2.24, 2.45) is 5.92 Å². The maximum atomic E-state index is 6.63. The summed E-state index contributed by atoms with van der Waals surface area (Å²) in [5.41, 5.74) is 14.0. The van der Waals surface area contributed by atoms with Crippen LogP contribution in [0.5, 0.6) is 0 Å². The summed E-state index contributed by atoms with van der Waals surface area (Å²) in [6.45, 7) is 0. The van der Waals surface area contributed by atoms with Crippen molar-refractivity contribution in [3.63, 3.8) is 0 Å². The van der Waals surface area contributed by atoms with Crippen LogP contribution in [0.1, 0.15) is 47.3 Å². The molecule has 0 spiro atoms. The van der Waals surface area contributed by atoms with E-state index in [1.54, 1.807) is 0 Å². The summed E-state index contributed by atoms with van der Waals surface area (Å²) in [6, 6.07) is 30.0. The van der Waals surface area contributed by atoms with Crippen molar-refractivity contribution in [2.75, 3.05) is 0 Å². The minimum absolute atomic E-state index is 0.308. The summed E-state index contributed by atoms with van der Waals surface area (Å²) < 4.78 is 6.63. The fourth-order valence-corrected chi connectivity index (χ4v) is 8.83. The Kier molecular flexibility index (Phi) is 6.91. The molecule has 5 aromatic carbocycles. The van der Waals surface area contributed by atoms with Gasteiger partial charge in [0.25, 0.3) is 0 Å². The summed E-state index contributed by atoms with van der Waals surface area (Å²) in [5.74, 6) is 2.32. The number of hydrogen-bond acceptors (Lipinski definition) is 4. The molecule has 0 radical (unpaired) electrons. The standard InChI is InChI=1S/C49H35N3O/c1-2-13-31(14-3-1)47-50-48(34-23-22-30-12-4-5-15-32(30)26-34)52-49(51-47)43-28-35(29-45-46(43)41-20-10-11-21-44(41)53-45)33-24-25-40-38-18-7-6-16-36(38)37-17-8-9-19-39(37)42(40)27-33/h1-5,7,9-15,18-25,27-29,32H,6,8,16-17,26H2. The largest absolute Gasteiger partial charge is 0.456 e. The van der Waals surface area contributed by atoms with E-state index in [4.69, 9.17) is 19.4 Å². The highest BCUT2D eigenvalue weighted by Gasteiger charge is 2.24. The highest BCUT2D eigenvalue weighted by atomic mass is 16.3. The van der Waals surface area contributed by atoms with Gasteiger partial charge in [-0.1, -0.05) is 121 Å². The lowest BCUT2D eigenvalue weighted by Gasteiger charge is -2.24. The highest BCUT2D eigenvalue weighted by Crippen LogP contribution is 2.43. The van der Waals surface area contributed by atoms with Crippen LogP contribution in [0.3, 0.4) is 0 Å². The molecule has 4 nitrogen and oxygen atoms in total. The first kappa shape index (κ1) is 30.3. The molecular formula is C49H35N3O. The molecular weight excluding hydrogens is 647 g/mol. The van der Waals surface area contributed by atoms with Crippen LogP contribution in [0.4, 0.5) is 0 Å². The fraction of sp³-hybridized carbons (Fsp3) is 0.122. The Balaban J connectivity index is 1.15. The molecule has 2 heterocycles. The lowest BCUT2D eigenvalue weighted by Crippen LogP contribution is -2.10. The van der Waals surface area contributed by atoms with Crippen LogP contribution in [-0.4, -0.2) is 15.0 Å². The normalized spacial score (nSPS) is 17.2. The third-order valence-electron chi connectivity index (χ3n) is 11.4. The molecule has 0 N–H and O–H groups in total. The summed E-state index contributed by atoms with van der Waals surface area (Å²) >= 11 is 0. The second-order valence-electron chi connectivity index (χ2n) is 14.5. The van der Waals surface area contributed by atoms with E-state index in [1.165, 1.54) is 38.6 Å². The second kappa shape index (κ2) is 12.1. The van der Waals surface area contributed by atoms with E-state index in [-0.39, 0.29) is 0 Å². The van der Waals surface area contributed by atoms with Gasteiger partial charge in [-0.3, -0.25) is 0 Å². The summed E-state index contributed by atoms with van der Waals surface area (Å²) in [7, 11) is 0. The average Bonchev–Trinajstić information content (AvgIpc) is 3.62. The van der Waals surface area contributed by atoms with Gasteiger partial charge < -0.3 is 4.42 Å². The number of allylic oxidation sites excluding steroid dienone is 10. The predicted octanol–water partition coefficient (Wildman–Crippen LogP) is 12.3. The van der Waals surface area contributed by atoms with E-state index in [1.807, 2.05) is 30.3 Å². The number of aromatic nitrogens is 3. The molecule has 53 heavy (non-hydrogen) atoms. The zero-order valence-electron chi connectivity index (χ0n) is 29.2. The molecule has 1 atom stereocenters. The Morgan fingerprint density at radius 3 is 2.21 bits per heavy atom. The van der Waals surface area contributed by atoms with Crippen LogP contribution in [0.15, 0.2) is 144 Å². The zero-order valence-corrected chi connectivity index (χ0v) is 29.2. The van der Waals surface area contributed by atoms with Crippen LogP contribution in [0, 0.1) is 5.92 Å². The molecule has 7 aromatic rings. The summed E-state index contributed by atoms with van der Waals surface area (Å²) in [5, 5.41) is 4.70. The summed E-state index contributed by atoms with van der Waals surface area (Å²) in [6.07, 6.45) is 27.7. The van der Waals surface area contributed by atoms with Gasteiger partial charge in [0.05, 0.1) is 0 Å². The smallest absolute Gasteiger partial charge is 0.164 e. The minimum Gasteiger partial charge on any atom is -0.456 e. The van der Waals surface area contributed by atoms with Crippen molar-refractivity contribution in [1.82, 2.24) is 15.0 Å². The van der Waals surface area contributed by atoms with E-state index in [2.05, 4.69) is 115 Å². The van der Waals surface area contributed by atoms with Gasteiger partial charge in [-0.05, 0) is 112 Å². The summed E-state index contributed by atoms with van der Waals surface area (Å²) in [4.78, 5) is 15.6. The molecule has 0 amide bonds. The van der Waals surface area contributed by atoms with E-state index in [9.17, 15) is 0 Å². The molecule has 252 valence electrons. The average molecular weight is 682 g/mol. The number of hydrogen-bond donors (Lipinski definition) is 0. The number of rotatable bonds is 4. The molecule has 0 fully saturated rings. The Bertz CT molecular complexity index is 2860. The van der Waals surface area contributed by atoms with Crippen molar-refractivity contribution in [3.8, 4) is 33.9 Å². The third-order valence-corrected chi connectivity index (χ3v) is 11.4. The van der Waals surface area contributed by atoms with E-state index < -0.39 is 0 Å². The van der Waals surface area contributed by atoms with E-state index >= 15 is 0 Å². The number of para-hydroxylation sites is 1. The van der Waals surface area contributed by atoms with Crippen LogP contribution in [0.2, 0.25) is 0 Å². The predicted molar refractivity (Wildman–Crippen MR) is 218 cm³/mol. The van der Waals surface area contributed by atoms with Crippen molar-refractivity contribution in [1.29, 1.82) is 0 Å². The Morgan fingerprint density at radius 1 is 0.566 bits per heavy atom. The first-order valence-electron chi connectivity index (χ1n) is 18.7. The van der Waals surface area contributed by atoms with Gasteiger partial charge in [-0.25, -0.2) is 15.0 Å². The third kappa shape index (κ3) is 5.01. The van der Waals surface area contributed by atoms with Gasteiger partial charge in [0.15, 0.2) is 17.5 Å².